The number of esters is 1. The molecule has 1 aliphatic rings. The summed E-state index contributed by atoms with van der Waals surface area (Å²) in [4.78, 5) is 30.3. The maximum Gasteiger partial charge on any atom is 0.339 e. The molecular weight excluding hydrogens is 380 g/mol. The predicted octanol–water partition coefficient (Wildman–Crippen LogP) is 3.65. The molecule has 156 valence electrons. The minimum absolute atomic E-state index is 0.349. The fraction of sp³-hybridized carbons (Fsp3) is 0.391. The third-order valence-electron chi connectivity index (χ3n) is 5.73. The average molecular weight is 406 g/mol. The van der Waals surface area contributed by atoms with E-state index in [1.54, 1.807) is 4.68 Å². The molecule has 7 heteroatoms. The predicted molar refractivity (Wildman–Crippen MR) is 115 cm³/mol. The SMILES string of the molecule is Cc1nn(C)c(C)c1NC(=O)COC(=O)c1c2c(nc3ccccc13)CCCCC2. The van der Waals surface area contributed by atoms with E-state index in [1.165, 1.54) is 0 Å². The Morgan fingerprint density at radius 3 is 2.67 bits per heavy atom. The van der Waals surface area contributed by atoms with Crippen LogP contribution in [0.15, 0.2) is 24.3 Å². The Morgan fingerprint density at radius 1 is 1.13 bits per heavy atom. The third kappa shape index (κ3) is 3.79. The number of anilines is 1. The highest BCUT2D eigenvalue weighted by molar-refractivity contribution is 6.06. The second kappa shape index (κ2) is 8.26. The molecule has 0 saturated carbocycles. The highest BCUT2D eigenvalue weighted by atomic mass is 16.5. The lowest BCUT2D eigenvalue weighted by molar-refractivity contribution is -0.119. The van der Waals surface area contributed by atoms with Gasteiger partial charge in [0, 0.05) is 18.1 Å². The maximum absolute atomic E-state index is 13.1. The Balaban J connectivity index is 1.57. The first kappa shape index (κ1) is 20.1. The summed E-state index contributed by atoms with van der Waals surface area (Å²) in [5, 5.41) is 7.87. The number of aromatic nitrogens is 3. The average Bonchev–Trinajstić information content (AvgIpc) is 2.90. The lowest BCUT2D eigenvalue weighted by atomic mass is 9.97. The van der Waals surface area contributed by atoms with Gasteiger partial charge in [0.05, 0.1) is 28.2 Å². The molecule has 7 nitrogen and oxygen atoms in total. The second-order valence-electron chi connectivity index (χ2n) is 7.78. The van der Waals surface area contributed by atoms with Gasteiger partial charge in [-0.15, -0.1) is 0 Å². The zero-order valence-electron chi connectivity index (χ0n) is 17.6. The van der Waals surface area contributed by atoms with Crippen molar-refractivity contribution in [3.8, 4) is 0 Å². The molecule has 0 bridgehead atoms. The summed E-state index contributed by atoms with van der Waals surface area (Å²) in [6.07, 6.45) is 4.87. The minimum atomic E-state index is -0.471. The summed E-state index contributed by atoms with van der Waals surface area (Å²) in [5.41, 5.74) is 5.51. The third-order valence-corrected chi connectivity index (χ3v) is 5.73. The quantitative estimate of drug-likeness (QED) is 0.528. The molecule has 0 aliphatic heterocycles. The fourth-order valence-electron chi connectivity index (χ4n) is 4.12. The van der Waals surface area contributed by atoms with E-state index in [0.717, 1.165) is 65.7 Å². The molecule has 4 rings (SSSR count). The van der Waals surface area contributed by atoms with Gasteiger partial charge in [0.25, 0.3) is 5.91 Å². The van der Waals surface area contributed by atoms with E-state index < -0.39 is 5.97 Å². The van der Waals surface area contributed by atoms with Gasteiger partial charge in [-0.3, -0.25) is 14.5 Å². The van der Waals surface area contributed by atoms with Crippen LogP contribution in [0.3, 0.4) is 0 Å². The van der Waals surface area contributed by atoms with Crippen LogP contribution in [-0.2, 0) is 29.4 Å². The van der Waals surface area contributed by atoms with Crippen molar-refractivity contribution in [2.45, 2.75) is 46.0 Å². The fourth-order valence-corrected chi connectivity index (χ4v) is 4.12. The molecule has 30 heavy (non-hydrogen) atoms. The van der Waals surface area contributed by atoms with Crippen molar-refractivity contribution < 1.29 is 14.3 Å². The highest BCUT2D eigenvalue weighted by Gasteiger charge is 2.23. The van der Waals surface area contributed by atoms with E-state index in [0.29, 0.717) is 11.3 Å². The zero-order chi connectivity index (χ0) is 21.3. The van der Waals surface area contributed by atoms with Gasteiger partial charge in [-0.05, 0) is 51.2 Å². The van der Waals surface area contributed by atoms with Crippen molar-refractivity contribution in [1.82, 2.24) is 14.8 Å². The van der Waals surface area contributed by atoms with E-state index in [9.17, 15) is 9.59 Å². The minimum Gasteiger partial charge on any atom is -0.452 e. The zero-order valence-corrected chi connectivity index (χ0v) is 17.6. The van der Waals surface area contributed by atoms with Crippen molar-refractivity contribution >= 4 is 28.5 Å². The number of rotatable bonds is 4. The molecule has 1 N–H and O–H groups in total. The maximum atomic E-state index is 13.1. The Kier molecular flexibility index (Phi) is 5.53. The monoisotopic (exact) mass is 406 g/mol. The van der Waals surface area contributed by atoms with Gasteiger partial charge in [-0.25, -0.2) is 4.79 Å². The van der Waals surface area contributed by atoms with Crippen LogP contribution in [-0.4, -0.2) is 33.2 Å². The molecule has 0 fully saturated rings. The molecule has 1 aromatic carbocycles. The lowest BCUT2D eigenvalue weighted by Gasteiger charge is -2.15. The number of para-hydroxylation sites is 1. The molecule has 0 unspecified atom stereocenters. The number of nitrogens with zero attached hydrogens (tertiary/aromatic N) is 3. The van der Waals surface area contributed by atoms with Crippen LogP contribution in [0.1, 0.15) is 52.3 Å². The van der Waals surface area contributed by atoms with Crippen LogP contribution in [0, 0.1) is 13.8 Å². The van der Waals surface area contributed by atoms with Crippen molar-refractivity contribution in [1.29, 1.82) is 0 Å². The Hall–Kier alpha value is -3.22. The summed E-state index contributed by atoms with van der Waals surface area (Å²) in [6, 6.07) is 7.62. The first-order valence-electron chi connectivity index (χ1n) is 10.3. The molecule has 1 aliphatic carbocycles. The lowest BCUT2D eigenvalue weighted by Crippen LogP contribution is -2.22. The smallest absolute Gasteiger partial charge is 0.339 e. The number of benzene rings is 1. The van der Waals surface area contributed by atoms with Gasteiger partial charge >= 0.3 is 5.97 Å². The Bertz CT molecular complexity index is 1130. The molecule has 0 spiro atoms. The van der Waals surface area contributed by atoms with Crippen molar-refractivity contribution in [3.05, 3.63) is 52.5 Å². The summed E-state index contributed by atoms with van der Waals surface area (Å²) in [7, 11) is 1.82. The number of ether oxygens (including phenoxy) is 1. The summed E-state index contributed by atoms with van der Waals surface area (Å²) in [6.45, 7) is 3.35. The molecule has 0 radical (unpaired) electrons. The number of fused-ring (bicyclic) bond motifs is 2. The largest absolute Gasteiger partial charge is 0.452 e. The Morgan fingerprint density at radius 2 is 1.90 bits per heavy atom. The number of amides is 1. The summed E-state index contributed by atoms with van der Waals surface area (Å²) >= 11 is 0. The van der Waals surface area contributed by atoms with E-state index in [1.807, 2.05) is 45.2 Å². The number of nitrogens with one attached hydrogen (secondary N) is 1. The van der Waals surface area contributed by atoms with E-state index >= 15 is 0 Å². The van der Waals surface area contributed by atoms with Gasteiger partial charge < -0.3 is 10.1 Å². The number of carbonyl (C=O) groups is 2. The van der Waals surface area contributed by atoms with Crippen molar-refractivity contribution in [2.75, 3.05) is 11.9 Å². The summed E-state index contributed by atoms with van der Waals surface area (Å²) in [5.74, 6) is -0.853. The molecule has 0 saturated heterocycles. The van der Waals surface area contributed by atoms with E-state index in [-0.39, 0.29) is 12.5 Å². The number of hydrogen-bond donors (Lipinski definition) is 1. The van der Waals surface area contributed by atoms with Crippen LogP contribution < -0.4 is 5.32 Å². The van der Waals surface area contributed by atoms with Gasteiger partial charge in [0.1, 0.15) is 0 Å². The number of aryl methyl sites for hydroxylation is 3. The first-order chi connectivity index (χ1) is 14.5. The van der Waals surface area contributed by atoms with Crippen LogP contribution in [0.25, 0.3) is 10.9 Å². The highest BCUT2D eigenvalue weighted by Crippen LogP contribution is 2.29. The number of pyridine rings is 1. The number of hydrogen-bond acceptors (Lipinski definition) is 5. The topological polar surface area (TPSA) is 86.1 Å². The first-order valence-corrected chi connectivity index (χ1v) is 10.3. The molecule has 2 heterocycles. The van der Waals surface area contributed by atoms with Gasteiger partial charge in [0.15, 0.2) is 6.61 Å². The molecule has 0 atom stereocenters. The summed E-state index contributed by atoms with van der Waals surface area (Å²) < 4.78 is 7.16. The normalized spacial score (nSPS) is 13.6. The van der Waals surface area contributed by atoms with Gasteiger partial charge in [0.2, 0.25) is 0 Å². The molecule has 2 aromatic heterocycles. The van der Waals surface area contributed by atoms with Crippen molar-refractivity contribution in [3.63, 3.8) is 0 Å². The van der Waals surface area contributed by atoms with Gasteiger partial charge in [-0.1, -0.05) is 24.6 Å². The molecule has 1 amide bonds. The molecular formula is C23H26N4O3. The second-order valence-corrected chi connectivity index (χ2v) is 7.78. The van der Waals surface area contributed by atoms with E-state index in [2.05, 4.69) is 10.4 Å². The standard InChI is InChI=1S/C23H26N4O3/c1-14-22(15(2)27(3)26-14)25-20(28)13-30-23(29)21-16-9-5-4-6-11-18(16)24-19-12-8-7-10-17(19)21/h7-8,10,12H,4-6,9,11,13H2,1-3H3,(H,25,28). The van der Waals surface area contributed by atoms with Crippen LogP contribution >= 0.6 is 0 Å². The Labute approximate surface area is 175 Å². The van der Waals surface area contributed by atoms with Crippen LogP contribution in [0.4, 0.5) is 5.69 Å². The van der Waals surface area contributed by atoms with Crippen LogP contribution in [0.5, 0.6) is 0 Å². The van der Waals surface area contributed by atoms with Gasteiger partial charge in [-0.2, -0.15) is 5.10 Å². The van der Waals surface area contributed by atoms with E-state index in [4.69, 9.17) is 9.72 Å². The molecule has 3 aromatic rings. The van der Waals surface area contributed by atoms with Crippen LogP contribution in [0.2, 0.25) is 0 Å². The van der Waals surface area contributed by atoms with Crippen molar-refractivity contribution in [2.24, 2.45) is 7.05 Å². The number of carbonyl (C=O) groups excluding carboxylic acids is 2.